The van der Waals surface area contributed by atoms with Crippen LogP contribution in [0.25, 0.3) is 16.6 Å². The summed E-state index contributed by atoms with van der Waals surface area (Å²) in [4.78, 5) is 11.9. The van der Waals surface area contributed by atoms with Gasteiger partial charge in [-0.3, -0.25) is 4.79 Å². The summed E-state index contributed by atoms with van der Waals surface area (Å²) in [5.41, 5.74) is 8.80. The van der Waals surface area contributed by atoms with Crippen LogP contribution in [0.5, 0.6) is 0 Å². The molecule has 3 aromatic rings. The van der Waals surface area contributed by atoms with E-state index < -0.39 is 12.1 Å². The number of nitrogens with one attached hydrogen (secondary N) is 1. The maximum Gasteiger partial charge on any atom is 0.252 e. The Kier molecular flexibility index (Phi) is 5.86. The highest BCUT2D eigenvalue weighted by Crippen LogP contribution is 2.32. The lowest BCUT2D eigenvalue weighted by Gasteiger charge is -2.19. The SMILES string of the molecule is C#C.NC(=O)c1cnn2cc(-c3cccc(Cl)c3)cc2c1N[C@@H]1CCC[C@@H]1F. The quantitative estimate of drug-likeness (QED) is 0.643. The number of halogens is 2. The Labute approximate surface area is 167 Å². The molecule has 7 heteroatoms. The first-order valence-corrected chi connectivity index (χ1v) is 9.22. The molecule has 5 nitrogen and oxygen atoms in total. The number of carbonyl (C=O) groups excluding carboxylic acids is 1. The molecule has 2 atom stereocenters. The molecule has 0 unspecified atom stereocenters. The summed E-state index contributed by atoms with van der Waals surface area (Å²) in [7, 11) is 0. The van der Waals surface area contributed by atoms with Crippen molar-refractivity contribution in [3.05, 3.63) is 53.3 Å². The van der Waals surface area contributed by atoms with Crippen molar-refractivity contribution in [2.75, 3.05) is 5.32 Å². The molecule has 2 heterocycles. The first-order valence-electron chi connectivity index (χ1n) is 8.84. The molecule has 1 fully saturated rings. The van der Waals surface area contributed by atoms with Gasteiger partial charge in [0.2, 0.25) is 0 Å². The number of amides is 1. The lowest BCUT2D eigenvalue weighted by molar-refractivity contribution is 0.100. The predicted octanol–water partition coefficient (Wildman–Crippen LogP) is 4.31. The summed E-state index contributed by atoms with van der Waals surface area (Å²) < 4.78 is 15.8. The summed E-state index contributed by atoms with van der Waals surface area (Å²) in [5.74, 6) is -0.596. The van der Waals surface area contributed by atoms with Crippen molar-refractivity contribution in [2.45, 2.75) is 31.5 Å². The van der Waals surface area contributed by atoms with E-state index in [0.29, 0.717) is 22.6 Å². The van der Waals surface area contributed by atoms with Crippen LogP contribution in [-0.2, 0) is 0 Å². The van der Waals surface area contributed by atoms with Crippen LogP contribution < -0.4 is 11.1 Å². The number of fused-ring (bicyclic) bond motifs is 1. The summed E-state index contributed by atoms with van der Waals surface area (Å²) in [6.45, 7) is 0. The maximum absolute atomic E-state index is 14.1. The number of alkyl halides is 1. The van der Waals surface area contributed by atoms with Gasteiger partial charge < -0.3 is 11.1 Å². The van der Waals surface area contributed by atoms with Crippen molar-refractivity contribution in [1.82, 2.24) is 9.61 Å². The van der Waals surface area contributed by atoms with Crippen LogP contribution >= 0.6 is 11.6 Å². The highest BCUT2D eigenvalue weighted by Gasteiger charge is 2.28. The molecule has 1 aromatic carbocycles. The molecule has 1 aliphatic rings. The second-order valence-corrected chi connectivity index (χ2v) is 7.00. The fraction of sp³-hybridized carbons (Fsp3) is 0.238. The Bertz CT molecular complexity index is 1030. The smallest absolute Gasteiger partial charge is 0.252 e. The summed E-state index contributed by atoms with van der Waals surface area (Å²) in [6, 6.07) is 9.04. The molecule has 0 radical (unpaired) electrons. The highest BCUT2D eigenvalue weighted by molar-refractivity contribution is 6.30. The van der Waals surface area contributed by atoms with E-state index in [-0.39, 0.29) is 11.6 Å². The molecule has 0 bridgehead atoms. The standard InChI is InChI=1S/C19H18ClFN4O.C2H2/c20-13-4-1-3-11(7-13)12-8-17-18(24-16-6-2-5-15(16)21)14(19(22)26)9-23-25(17)10-12;1-2/h1,3-4,7-10,15-16,24H,2,5-6H2,(H2,22,26);1-2H/t15-,16+;/m0./s1. The van der Waals surface area contributed by atoms with Crippen LogP contribution in [0.3, 0.4) is 0 Å². The number of nitrogens with two attached hydrogens (primary N) is 1. The van der Waals surface area contributed by atoms with E-state index in [4.69, 9.17) is 17.3 Å². The summed E-state index contributed by atoms with van der Waals surface area (Å²) in [5, 5.41) is 8.10. The fourth-order valence-electron chi connectivity index (χ4n) is 3.48. The first kappa shape index (κ1) is 19.7. The summed E-state index contributed by atoms with van der Waals surface area (Å²) >= 11 is 6.08. The van der Waals surface area contributed by atoms with Crippen molar-refractivity contribution in [1.29, 1.82) is 0 Å². The molecule has 2 aromatic heterocycles. The van der Waals surface area contributed by atoms with Crippen LogP contribution in [0, 0.1) is 12.8 Å². The molecule has 144 valence electrons. The number of hydrogen-bond acceptors (Lipinski definition) is 3. The number of carbonyl (C=O) groups is 1. The van der Waals surface area contributed by atoms with Crippen molar-refractivity contribution in [3.8, 4) is 24.0 Å². The number of terminal acetylenes is 1. The molecule has 1 amide bonds. The van der Waals surface area contributed by atoms with Crippen molar-refractivity contribution < 1.29 is 9.18 Å². The molecule has 0 spiro atoms. The minimum absolute atomic E-state index is 0.257. The van der Waals surface area contributed by atoms with E-state index in [1.165, 1.54) is 6.20 Å². The molecule has 28 heavy (non-hydrogen) atoms. The van der Waals surface area contributed by atoms with Gasteiger partial charge >= 0.3 is 0 Å². The third kappa shape index (κ3) is 3.80. The predicted molar refractivity (Wildman–Crippen MR) is 110 cm³/mol. The molecule has 3 N–H and O–H groups in total. The maximum atomic E-state index is 14.1. The average molecular weight is 399 g/mol. The van der Waals surface area contributed by atoms with Gasteiger partial charge in [-0.1, -0.05) is 23.7 Å². The number of primary amides is 1. The Hall–Kier alpha value is -3.04. The fourth-order valence-corrected chi connectivity index (χ4v) is 3.67. The zero-order valence-electron chi connectivity index (χ0n) is 15.1. The zero-order chi connectivity index (χ0) is 20.3. The van der Waals surface area contributed by atoms with Gasteiger partial charge in [-0.25, -0.2) is 8.91 Å². The van der Waals surface area contributed by atoms with E-state index in [9.17, 15) is 9.18 Å². The number of anilines is 1. The van der Waals surface area contributed by atoms with Crippen LogP contribution in [0.1, 0.15) is 29.6 Å². The van der Waals surface area contributed by atoms with Crippen LogP contribution in [0.2, 0.25) is 5.02 Å². The number of benzene rings is 1. The third-order valence-electron chi connectivity index (χ3n) is 4.82. The van der Waals surface area contributed by atoms with E-state index in [1.807, 2.05) is 30.5 Å². The van der Waals surface area contributed by atoms with E-state index in [0.717, 1.165) is 24.0 Å². The van der Waals surface area contributed by atoms with Crippen molar-refractivity contribution >= 4 is 28.7 Å². The Morgan fingerprint density at radius 2 is 2.07 bits per heavy atom. The van der Waals surface area contributed by atoms with E-state index in [2.05, 4.69) is 23.3 Å². The van der Waals surface area contributed by atoms with Gasteiger partial charge in [0.25, 0.3) is 5.91 Å². The minimum atomic E-state index is -0.939. The van der Waals surface area contributed by atoms with Gasteiger partial charge in [-0.15, -0.1) is 12.8 Å². The lowest BCUT2D eigenvalue weighted by atomic mass is 10.1. The van der Waals surface area contributed by atoms with Crippen LogP contribution in [-0.4, -0.2) is 27.7 Å². The molecule has 0 aliphatic heterocycles. The molecule has 1 saturated carbocycles. The second kappa shape index (κ2) is 8.32. The van der Waals surface area contributed by atoms with Crippen LogP contribution in [0.15, 0.2) is 42.7 Å². The highest BCUT2D eigenvalue weighted by atomic mass is 35.5. The number of nitrogens with zero attached hydrogens (tertiary/aromatic N) is 2. The molecular weight excluding hydrogens is 379 g/mol. The topological polar surface area (TPSA) is 72.4 Å². The molecular formula is C21H20ClFN4O. The molecule has 4 rings (SSSR count). The largest absolute Gasteiger partial charge is 0.377 e. The number of hydrogen-bond donors (Lipinski definition) is 2. The van der Waals surface area contributed by atoms with Crippen molar-refractivity contribution in [3.63, 3.8) is 0 Å². The minimum Gasteiger partial charge on any atom is -0.377 e. The third-order valence-corrected chi connectivity index (χ3v) is 5.06. The molecule has 1 aliphatic carbocycles. The van der Waals surface area contributed by atoms with Gasteiger partial charge in [0.05, 0.1) is 29.0 Å². The second-order valence-electron chi connectivity index (χ2n) is 6.56. The van der Waals surface area contributed by atoms with Crippen LogP contribution in [0.4, 0.5) is 10.1 Å². The van der Waals surface area contributed by atoms with E-state index >= 15 is 0 Å². The molecule has 0 saturated heterocycles. The van der Waals surface area contributed by atoms with Crippen molar-refractivity contribution in [2.24, 2.45) is 5.73 Å². The van der Waals surface area contributed by atoms with Gasteiger partial charge in [0, 0.05) is 16.8 Å². The zero-order valence-corrected chi connectivity index (χ0v) is 15.9. The summed E-state index contributed by atoms with van der Waals surface area (Å²) in [6.07, 6.45) is 12.4. The van der Waals surface area contributed by atoms with Gasteiger partial charge in [-0.05, 0) is 43.0 Å². The Morgan fingerprint density at radius 1 is 1.29 bits per heavy atom. The van der Waals surface area contributed by atoms with Gasteiger partial charge in [0.1, 0.15) is 6.17 Å². The average Bonchev–Trinajstić information content (AvgIpc) is 3.30. The monoisotopic (exact) mass is 398 g/mol. The van der Waals surface area contributed by atoms with E-state index in [1.54, 1.807) is 10.6 Å². The lowest BCUT2D eigenvalue weighted by Crippen LogP contribution is -2.27. The first-order chi connectivity index (χ1) is 13.5. The van der Waals surface area contributed by atoms with Gasteiger partial charge in [0.15, 0.2) is 0 Å². The Balaban J connectivity index is 0.00000109. The van der Waals surface area contributed by atoms with Gasteiger partial charge in [-0.2, -0.15) is 5.10 Å². The number of aromatic nitrogens is 2. The number of rotatable bonds is 4. The normalized spacial score (nSPS) is 18.4. The Morgan fingerprint density at radius 3 is 2.71 bits per heavy atom.